The van der Waals surface area contributed by atoms with Crippen LogP contribution in [0.15, 0.2) is 0 Å². The summed E-state index contributed by atoms with van der Waals surface area (Å²) in [6, 6.07) is 0. The molecule has 3 nitrogen and oxygen atoms in total. The summed E-state index contributed by atoms with van der Waals surface area (Å²) in [7, 11) is 0. The molecular weight excluding hydrogens is 384 g/mol. The molecule has 1 atom stereocenters. The van der Waals surface area contributed by atoms with E-state index in [0.29, 0.717) is 12.5 Å². The number of rotatable bonds is 23. The molecular formula is C28H56O3. The topological polar surface area (TPSA) is 38.7 Å². The third-order valence-corrected chi connectivity index (χ3v) is 6.94. The molecule has 0 heterocycles. The lowest BCUT2D eigenvalue weighted by atomic mass is 9.90. The van der Waals surface area contributed by atoms with E-state index >= 15 is 0 Å². The van der Waals surface area contributed by atoms with E-state index in [4.69, 9.17) is 9.47 Å². The quantitative estimate of drug-likeness (QED) is 0.163. The predicted molar refractivity (Wildman–Crippen MR) is 134 cm³/mol. The molecule has 1 aliphatic rings. The van der Waals surface area contributed by atoms with Gasteiger partial charge in [-0.2, -0.15) is 0 Å². The fourth-order valence-corrected chi connectivity index (χ4v) is 4.75. The van der Waals surface area contributed by atoms with E-state index in [2.05, 4.69) is 6.92 Å². The van der Waals surface area contributed by atoms with Crippen molar-refractivity contribution < 1.29 is 14.6 Å². The molecule has 0 aromatic heterocycles. The SMILES string of the molecule is CCCCCCCCCCCCCCCCCCOCC(CO)OCC1CCCCC1. The Bertz CT molecular complexity index is 341. The lowest BCUT2D eigenvalue weighted by molar-refractivity contribution is -0.0566. The van der Waals surface area contributed by atoms with Crippen LogP contribution >= 0.6 is 0 Å². The maximum atomic E-state index is 9.49. The number of ether oxygens (including phenoxy) is 2. The Labute approximate surface area is 195 Å². The monoisotopic (exact) mass is 440 g/mol. The molecule has 1 aliphatic carbocycles. The van der Waals surface area contributed by atoms with Gasteiger partial charge in [-0.1, -0.05) is 122 Å². The van der Waals surface area contributed by atoms with Gasteiger partial charge in [-0.25, -0.2) is 0 Å². The van der Waals surface area contributed by atoms with Crippen LogP contribution in [0.5, 0.6) is 0 Å². The maximum Gasteiger partial charge on any atom is 0.104 e. The zero-order chi connectivity index (χ0) is 22.2. The van der Waals surface area contributed by atoms with E-state index in [1.165, 1.54) is 128 Å². The first kappa shape index (κ1) is 28.9. The molecule has 1 N–H and O–H groups in total. The molecule has 0 spiro atoms. The van der Waals surface area contributed by atoms with Gasteiger partial charge in [0, 0.05) is 13.2 Å². The van der Waals surface area contributed by atoms with E-state index in [-0.39, 0.29) is 12.7 Å². The highest BCUT2D eigenvalue weighted by Gasteiger charge is 2.16. The number of unbranched alkanes of at least 4 members (excludes halogenated alkanes) is 15. The molecule has 3 heteroatoms. The molecule has 0 saturated heterocycles. The maximum absolute atomic E-state index is 9.49. The number of aliphatic hydroxyl groups excluding tert-OH is 1. The van der Waals surface area contributed by atoms with Gasteiger partial charge in [0.15, 0.2) is 0 Å². The van der Waals surface area contributed by atoms with Crippen molar-refractivity contribution in [3.8, 4) is 0 Å². The van der Waals surface area contributed by atoms with Gasteiger partial charge in [-0.05, 0) is 25.2 Å². The summed E-state index contributed by atoms with van der Waals surface area (Å²) in [5, 5.41) is 9.49. The van der Waals surface area contributed by atoms with Crippen LogP contribution in [-0.2, 0) is 9.47 Å². The highest BCUT2D eigenvalue weighted by atomic mass is 16.5. The second kappa shape index (κ2) is 23.1. The Morgan fingerprint density at radius 1 is 0.677 bits per heavy atom. The van der Waals surface area contributed by atoms with Crippen molar-refractivity contribution in [2.75, 3.05) is 26.4 Å². The van der Waals surface area contributed by atoms with Crippen LogP contribution in [0, 0.1) is 5.92 Å². The first-order valence-electron chi connectivity index (χ1n) is 14.2. The molecule has 0 aromatic rings. The average molecular weight is 441 g/mol. The van der Waals surface area contributed by atoms with Crippen LogP contribution in [0.3, 0.4) is 0 Å². The van der Waals surface area contributed by atoms with Gasteiger partial charge < -0.3 is 14.6 Å². The third-order valence-electron chi connectivity index (χ3n) is 6.94. The molecule has 1 fully saturated rings. The zero-order valence-corrected chi connectivity index (χ0v) is 21.1. The molecule has 0 aromatic carbocycles. The van der Waals surface area contributed by atoms with E-state index in [0.717, 1.165) is 19.6 Å². The number of hydrogen-bond donors (Lipinski definition) is 1. The molecule has 0 aliphatic heterocycles. The van der Waals surface area contributed by atoms with Crippen LogP contribution in [-0.4, -0.2) is 37.6 Å². The summed E-state index contributed by atoms with van der Waals surface area (Å²) in [5.41, 5.74) is 0. The molecule has 0 radical (unpaired) electrons. The van der Waals surface area contributed by atoms with Gasteiger partial charge in [0.2, 0.25) is 0 Å². The van der Waals surface area contributed by atoms with Crippen molar-refractivity contribution in [1.82, 2.24) is 0 Å². The zero-order valence-electron chi connectivity index (χ0n) is 21.1. The summed E-state index contributed by atoms with van der Waals surface area (Å²) < 4.78 is 11.6. The van der Waals surface area contributed by atoms with Gasteiger partial charge in [-0.15, -0.1) is 0 Å². The Kier molecular flexibility index (Phi) is 21.5. The number of hydrogen-bond acceptors (Lipinski definition) is 3. The highest BCUT2D eigenvalue weighted by molar-refractivity contribution is 4.66. The standard InChI is InChI=1S/C28H56O3/c1-2-3-4-5-6-7-8-9-10-11-12-13-14-15-16-20-23-30-26-28(24-29)31-25-27-21-18-17-19-22-27/h27-29H,2-26H2,1H3. The minimum atomic E-state index is -0.136. The Morgan fingerprint density at radius 3 is 1.65 bits per heavy atom. The molecule has 186 valence electrons. The minimum Gasteiger partial charge on any atom is -0.394 e. The molecule has 31 heavy (non-hydrogen) atoms. The lowest BCUT2D eigenvalue weighted by Crippen LogP contribution is -2.27. The summed E-state index contributed by atoms with van der Waals surface area (Å²) in [6.45, 7) is 4.52. The Morgan fingerprint density at radius 2 is 1.16 bits per heavy atom. The fraction of sp³-hybridized carbons (Fsp3) is 1.00. The van der Waals surface area contributed by atoms with Crippen molar-refractivity contribution in [2.45, 2.75) is 148 Å². The van der Waals surface area contributed by atoms with Crippen LogP contribution in [0.4, 0.5) is 0 Å². The second-order valence-corrected chi connectivity index (χ2v) is 10.0. The Balaban J connectivity index is 1.75. The van der Waals surface area contributed by atoms with E-state index in [1.54, 1.807) is 0 Å². The molecule has 0 amide bonds. The van der Waals surface area contributed by atoms with E-state index in [9.17, 15) is 5.11 Å². The van der Waals surface area contributed by atoms with Crippen LogP contribution in [0.2, 0.25) is 0 Å². The largest absolute Gasteiger partial charge is 0.394 e. The van der Waals surface area contributed by atoms with Crippen molar-refractivity contribution in [1.29, 1.82) is 0 Å². The van der Waals surface area contributed by atoms with Crippen molar-refractivity contribution in [2.24, 2.45) is 5.92 Å². The van der Waals surface area contributed by atoms with Crippen molar-refractivity contribution >= 4 is 0 Å². The summed E-state index contributed by atoms with van der Waals surface area (Å²) in [6.07, 6.45) is 28.8. The highest BCUT2D eigenvalue weighted by Crippen LogP contribution is 2.24. The summed E-state index contributed by atoms with van der Waals surface area (Å²) in [5.74, 6) is 0.697. The van der Waals surface area contributed by atoms with Crippen molar-refractivity contribution in [3.05, 3.63) is 0 Å². The van der Waals surface area contributed by atoms with E-state index < -0.39 is 0 Å². The fourth-order valence-electron chi connectivity index (χ4n) is 4.75. The predicted octanol–water partition coefficient (Wildman–Crippen LogP) is 8.22. The third kappa shape index (κ3) is 19.1. The van der Waals surface area contributed by atoms with Gasteiger partial charge in [0.1, 0.15) is 6.10 Å². The Hall–Kier alpha value is -0.120. The summed E-state index contributed by atoms with van der Waals surface area (Å²) in [4.78, 5) is 0. The first-order chi connectivity index (χ1) is 15.4. The molecule has 1 rings (SSSR count). The van der Waals surface area contributed by atoms with Gasteiger partial charge in [-0.3, -0.25) is 0 Å². The van der Waals surface area contributed by atoms with Crippen LogP contribution in [0.25, 0.3) is 0 Å². The minimum absolute atomic E-state index is 0.0751. The normalized spacial score (nSPS) is 16.1. The number of aliphatic hydroxyl groups is 1. The average Bonchev–Trinajstić information content (AvgIpc) is 2.81. The van der Waals surface area contributed by atoms with Gasteiger partial charge >= 0.3 is 0 Å². The van der Waals surface area contributed by atoms with Crippen molar-refractivity contribution in [3.63, 3.8) is 0 Å². The van der Waals surface area contributed by atoms with E-state index in [1.807, 2.05) is 0 Å². The second-order valence-electron chi connectivity index (χ2n) is 10.0. The molecule has 1 unspecified atom stereocenters. The molecule has 1 saturated carbocycles. The first-order valence-corrected chi connectivity index (χ1v) is 14.2. The van der Waals surface area contributed by atoms with Gasteiger partial charge in [0.05, 0.1) is 13.2 Å². The van der Waals surface area contributed by atoms with Gasteiger partial charge in [0.25, 0.3) is 0 Å². The van der Waals surface area contributed by atoms with Crippen LogP contribution < -0.4 is 0 Å². The van der Waals surface area contributed by atoms with Crippen LogP contribution in [0.1, 0.15) is 142 Å². The molecule has 0 bridgehead atoms. The summed E-state index contributed by atoms with van der Waals surface area (Å²) >= 11 is 0. The smallest absolute Gasteiger partial charge is 0.104 e. The lowest BCUT2D eigenvalue weighted by Gasteiger charge is -2.24.